The molecular formula is C43H51ClF2N8O12S. The third-order valence-corrected chi connectivity index (χ3v) is 12.8. The number of nitrogens with two attached hydrogens (primary N) is 1. The maximum Gasteiger partial charge on any atom is 0.335 e. The smallest absolute Gasteiger partial charge is 0.335 e. The van der Waals surface area contributed by atoms with E-state index in [0.717, 1.165) is 17.0 Å². The normalized spacial score (nSPS) is 16.7. The number of amides is 6. The largest absolute Gasteiger partial charge is 0.478 e. The molecule has 2 heterocycles. The van der Waals surface area contributed by atoms with Crippen LogP contribution in [-0.2, 0) is 50.1 Å². The van der Waals surface area contributed by atoms with E-state index in [1.54, 1.807) is 63.3 Å². The molecule has 1 saturated heterocycles. The number of Topliss-reactive ketones (excluding diaryl/α,β-unsaturated/α-hetero) is 1. The zero-order chi connectivity index (χ0) is 49.7. The fourth-order valence-electron chi connectivity index (χ4n) is 6.88. The van der Waals surface area contributed by atoms with Crippen LogP contribution in [0, 0.1) is 11.8 Å². The number of likely N-dealkylation sites (tertiary alicyclic amines) is 1. The van der Waals surface area contributed by atoms with Gasteiger partial charge in [-0.3, -0.25) is 43.9 Å². The maximum atomic E-state index is 14.9. The lowest BCUT2D eigenvalue weighted by Crippen LogP contribution is -2.59. The molecule has 1 aliphatic rings. The molecule has 3 aromatic rings. The minimum Gasteiger partial charge on any atom is -0.478 e. The number of alkyl halides is 2. The number of rotatable bonds is 22. The van der Waals surface area contributed by atoms with Gasteiger partial charge < -0.3 is 31.1 Å². The van der Waals surface area contributed by atoms with Crippen molar-refractivity contribution in [3.63, 3.8) is 0 Å². The number of nitrogens with one attached hydrogen (secondary N) is 3. The second-order valence-electron chi connectivity index (χ2n) is 16.1. The van der Waals surface area contributed by atoms with Crippen LogP contribution in [0.4, 0.5) is 8.78 Å². The van der Waals surface area contributed by atoms with Crippen LogP contribution in [-0.4, -0.2) is 130 Å². The number of carbonyl (C=O) groups excluding carboxylic acids is 7. The molecule has 24 heteroatoms. The van der Waals surface area contributed by atoms with Gasteiger partial charge in [-0.05, 0) is 42.0 Å². The van der Waals surface area contributed by atoms with E-state index < -0.39 is 135 Å². The number of sulfonamides is 1. The Hall–Kier alpha value is -6.30. The number of carboxylic acids is 1. The van der Waals surface area contributed by atoms with Crippen molar-refractivity contribution in [2.75, 3.05) is 13.1 Å². The van der Waals surface area contributed by atoms with Crippen LogP contribution < -0.4 is 21.7 Å². The van der Waals surface area contributed by atoms with E-state index in [9.17, 15) is 60.7 Å². The Morgan fingerprint density at radius 2 is 1.69 bits per heavy atom. The van der Waals surface area contributed by atoms with E-state index in [1.165, 1.54) is 18.6 Å². The molecule has 0 bridgehead atoms. The van der Waals surface area contributed by atoms with Gasteiger partial charge in [0, 0.05) is 31.8 Å². The van der Waals surface area contributed by atoms with Gasteiger partial charge in [0.2, 0.25) is 29.9 Å². The molecule has 1 fully saturated rings. The molecule has 362 valence electrons. The highest BCUT2D eigenvalue weighted by Gasteiger charge is 2.48. The van der Waals surface area contributed by atoms with Crippen molar-refractivity contribution in [1.82, 2.24) is 35.1 Å². The summed E-state index contributed by atoms with van der Waals surface area (Å²) in [6, 6.07) is 4.63. The standard InChI is InChI=1S/C43H51ClF2N8O12S/c1-5-24(4)36(52-38(57)30(15-23(2)3)50-39(58)31-19-48-13-14-49-31)42(61)53-20-27(66-22-25-9-7-6-8-10-25)17-32(53)41(60)54(21-35(55)51-40(59)37(56)29(47)18-34(45)46)67(64,65)33-16-26(43(62)63)11-12-28(33)44/h6-14,16,19,23-24,27,29-30,32,34,36H,5,15,17-18,20-22,47H2,1-4H3,(H,50,58)(H,52,57)(H,62,63)(H,51,55,59)/t24-,27+,29-,30-,32-,36-/m0/s1. The second kappa shape index (κ2) is 23.9. The van der Waals surface area contributed by atoms with Crippen LogP contribution in [0.15, 0.2) is 72.0 Å². The summed E-state index contributed by atoms with van der Waals surface area (Å²) in [4.78, 5) is 115. The lowest BCUT2D eigenvalue weighted by molar-refractivity contribution is -0.146. The van der Waals surface area contributed by atoms with E-state index in [4.69, 9.17) is 22.1 Å². The van der Waals surface area contributed by atoms with Gasteiger partial charge in [-0.15, -0.1) is 0 Å². The van der Waals surface area contributed by atoms with E-state index in [2.05, 4.69) is 20.6 Å². The Morgan fingerprint density at radius 1 is 1.00 bits per heavy atom. The molecule has 1 aliphatic heterocycles. The van der Waals surface area contributed by atoms with Gasteiger partial charge >= 0.3 is 5.97 Å². The summed E-state index contributed by atoms with van der Waals surface area (Å²) in [6.07, 6.45) is -1.59. The lowest BCUT2D eigenvalue weighted by atomic mass is 9.96. The molecule has 67 heavy (non-hydrogen) atoms. The second-order valence-corrected chi connectivity index (χ2v) is 18.3. The number of carboxylic acid groups (broad SMARTS) is 1. The number of carbonyl (C=O) groups is 8. The highest BCUT2D eigenvalue weighted by molar-refractivity contribution is 7.89. The summed E-state index contributed by atoms with van der Waals surface area (Å²) in [5, 5.41) is 15.9. The molecule has 6 amide bonds. The van der Waals surface area contributed by atoms with Gasteiger partial charge in [-0.25, -0.2) is 31.3 Å². The summed E-state index contributed by atoms with van der Waals surface area (Å²) in [5.41, 5.74) is 5.37. The lowest BCUT2D eigenvalue weighted by Gasteiger charge is -2.34. The quantitative estimate of drug-likeness (QED) is 0.0901. The average Bonchev–Trinajstić information content (AvgIpc) is 3.72. The number of aromatic nitrogens is 2. The van der Waals surface area contributed by atoms with Crippen molar-refractivity contribution in [3.8, 4) is 0 Å². The molecule has 0 unspecified atom stereocenters. The first-order chi connectivity index (χ1) is 31.5. The van der Waals surface area contributed by atoms with Crippen LogP contribution in [0.25, 0.3) is 0 Å². The highest BCUT2D eigenvalue weighted by atomic mass is 35.5. The number of benzene rings is 2. The van der Waals surface area contributed by atoms with Crippen LogP contribution >= 0.6 is 11.6 Å². The first-order valence-corrected chi connectivity index (χ1v) is 22.7. The van der Waals surface area contributed by atoms with E-state index >= 15 is 0 Å². The minimum atomic E-state index is -5.44. The number of hydrogen-bond donors (Lipinski definition) is 5. The summed E-state index contributed by atoms with van der Waals surface area (Å²) < 4.78 is 60.9. The molecule has 0 aliphatic carbocycles. The van der Waals surface area contributed by atoms with Gasteiger partial charge in [0.05, 0.1) is 35.5 Å². The van der Waals surface area contributed by atoms with Gasteiger partial charge in [-0.2, -0.15) is 0 Å². The van der Waals surface area contributed by atoms with Crippen molar-refractivity contribution in [1.29, 1.82) is 0 Å². The van der Waals surface area contributed by atoms with Crippen molar-refractivity contribution in [2.24, 2.45) is 17.6 Å². The Balaban J connectivity index is 1.78. The monoisotopic (exact) mass is 976 g/mol. The number of nitrogens with zero attached hydrogens (tertiary/aromatic N) is 4. The molecule has 6 N–H and O–H groups in total. The van der Waals surface area contributed by atoms with E-state index in [-0.39, 0.29) is 41.9 Å². The molecule has 0 saturated carbocycles. The third kappa shape index (κ3) is 14.3. The van der Waals surface area contributed by atoms with Crippen LogP contribution in [0.5, 0.6) is 0 Å². The van der Waals surface area contributed by atoms with E-state index in [1.807, 2.05) is 0 Å². The first kappa shape index (κ1) is 53.3. The topological polar surface area (TPSA) is 295 Å². The van der Waals surface area contributed by atoms with Gasteiger partial charge in [0.1, 0.15) is 35.3 Å². The summed E-state index contributed by atoms with van der Waals surface area (Å²) >= 11 is 6.26. The zero-order valence-corrected chi connectivity index (χ0v) is 38.3. The van der Waals surface area contributed by atoms with Gasteiger partial charge in [0.25, 0.3) is 27.7 Å². The summed E-state index contributed by atoms with van der Waals surface area (Å²) in [5.74, 6) is -11.5. The van der Waals surface area contributed by atoms with Crippen molar-refractivity contribution >= 4 is 68.8 Å². The molecule has 0 spiro atoms. The van der Waals surface area contributed by atoms with Crippen LogP contribution in [0.2, 0.25) is 5.02 Å². The molecule has 6 atom stereocenters. The number of halogens is 3. The number of ketones is 1. The number of aromatic carboxylic acids is 1. The van der Waals surface area contributed by atoms with Gasteiger partial charge in [0.15, 0.2) is 0 Å². The fraction of sp³-hybridized carbons (Fsp3) is 0.442. The SMILES string of the molecule is CC[C@H](C)[C@H](NC(=O)[C@H](CC(C)C)NC(=O)c1cnccn1)C(=O)N1C[C@H](OCc2ccccc2)C[C@H]1C(=O)N(CC(=O)NC(=O)C(=O)[C@@H](N)CC(F)F)S(=O)(=O)c1cc(C(=O)O)ccc1Cl. The number of ether oxygens (including phenoxy) is 1. The Morgan fingerprint density at radius 3 is 2.28 bits per heavy atom. The highest BCUT2D eigenvalue weighted by Crippen LogP contribution is 2.31. The molecule has 20 nitrogen and oxygen atoms in total. The van der Waals surface area contributed by atoms with Crippen molar-refractivity contribution in [3.05, 3.63) is 89.0 Å². The molecule has 0 radical (unpaired) electrons. The van der Waals surface area contributed by atoms with Gasteiger partial charge in [-0.1, -0.05) is 76.0 Å². The van der Waals surface area contributed by atoms with Crippen LogP contribution in [0.3, 0.4) is 0 Å². The fourth-order valence-corrected chi connectivity index (χ4v) is 8.76. The summed E-state index contributed by atoms with van der Waals surface area (Å²) in [6.45, 7) is 4.90. The molecule has 2 aromatic carbocycles. The predicted octanol–water partition coefficient (Wildman–Crippen LogP) is 2.10. The third-order valence-electron chi connectivity index (χ3n) is 10.6. The Kier molecular flexibility index (Phi) is 19.0. The molecular weight excluding hydrogens is 926 g/mol. The van der Waals surface area contributed by atoms with Crippen molar-refractivity contribution in [2.45, 2.75) is 102 Å². The predicted molar refractivity (Wildman–Crippen MR) is 233 cm³/mol. The Bertz CT molecular complexity index is 2420. The van der Waals surface area contributed by atoms with Crippen LogP contribution in [0.1, 0.15) is 79.8 Å². The van der Waals surface area contributed by atoms with Crippen molar-refractivity contribution < 1.29 is 65.4 Å². The summed E-state index contributed by atoms with van der Waals surface area (Å²) in [7, 11) is -5.44. The number of hydrogen-bond acceptors (Lipinski definition) is 14. The van der Waals surface area contributed by atoms with E-state index in [0.29, 0.717) is 11.6 Å². The minimum absolute atomic E-state index is 0.0474. The number of imide groups is 1. The maximum absolute atomic E-state index is 14.9. The Labute approximate surface area is 389 Å². The average molecular weight is 977 g/mol. The zero-order valence-electron chi connectivity index (χ0n) is 36.8. The molecule has 1 aromatic heterocycles. The first-order valence-electron chi connectivity index (χ1n) is 20.9. The molecule has 4 rings (SSSR count).